The Hall–Kier alpha value is -1.86. The van der Waals surface area contributed by atoms with Crippen molar-refractivity contribution in [3.8, 4) is 5.75 Å². The zero-order valence-corrected chi connectivity index (χ0v) is 21.0. The molecule has 172 valence electrons. The molecule has 2 aromatic rings. The number of hydrogen-bond donors (Lipinski definition) is 1. The van der Waals surface area contributed by atoms with Gasteiger partial charge in [-0.25, -0.2) is 8.42 Å². The van der Waals surface area contributed by atoms with Crippen LogP contribution in [0.3, 0.4) is 0 Å². The van der Waals surface area contributed by atoms with Crippen LogP contribution in [-0.2, 0) is 22.2 Å². The maximum atomic E-state index is 12.6. The van der Waals surface area contributed by atoms with Gasteiger partial charge in [-0.1, -0.05) is 17.3 Å². The first-order chi connectivity index (χ1) is 14.5. The van der Waals surface area contributed by atoms with Crippen molar-refractivity contribution in [2.75, 3.05) is 46.9 Å². The van der Waals surface area contributed by atoms with Gasteiger partial charge in [0, 0.05) is 45.8 Å². The highest BCUT2D eigenvalue weighted by molar-refractivity contribution is 14.0. The lowest BCUT2D eigenvalue weighted by molar-refractivity contribution is 0.260. The summed E-state index contributed by atoms with van der Waals surface area (Å²) in [6.45, 7) is 2.81. The molecule has 0 saturated carbocycles. The van der Waals surface area contributed by atoms with Gasteiger partial charge in [0.15, 0.2) is 5.96 Å². The average molecular weight is 563 g/mol. The highest BCUT2D eigenvalue weighted by Gasteiger charge is 2.28. The lowest BCUT2D eigenvalue weighted by atomic mass is 10.1. The first kappa shape index (κ1) is 25.4. The van der Waals surface area contributed by atoms with Gasteiger partial charge in [0.2, 0.25) is 10.0 Å². The van der Waals surface area contributed by atoms with E-state index >= 15 is 0 Å². The summed E-state index contributed by atoms with van der Waals surface area (Å²) in [5, 5.41) is 7.08. The molecule has 9 nitrogen and oxygen atoms in total. The van der Waals surface area contributed by atoms with Crippen LogP contribution < -0.4 is 10.1 Å². The molecule has 2 heterocycles. The molecule has 0 spiro atoms. The SMILES string of the molecule is CN=C(NCCCc1cccc(OC)c1)N1CCN(S(=O)(=O)Cc2ccon2)CC1.I. The maximum absolute atomic E-state index is 12.6. The summed E-state index contributed by atoms with van der Waals surface area (Å²) in [4.78, 5) is 6.44. The monoisotopic (exact) mass is 563 g/mol. The zero-order valence-electron chi connectivity index (χ0n) is 17.9. The zero-order chi connectivity index (χ0) is 21.4. The number of ether oxygens (including phenoxy) is 1. The van der Waals surface area contributed by atoms with E-state index in [1.54, 1.807) is 20.2 Å². The van der Waals surface area contributed by atoms with E-state index in [1.807, 2.05) is 18.2 Å². The minimum atomic E-state index is -3.41. The van der Waals surface area contributed by atoms with Crippen LogP contribution in [-0.4, -0.2) is 75.6 Å². The van der Waals surface area contributed by atoms with Crippen LogP contribution in [0.25, 0.3) is 0 Å². The molecular formula is C20H30IN5O4S. The predicted octanol–water partition coefficient (Wildman–Crippen LogP) is 1.96. The van der Waals surface area contributed by atoms with Crippen LogP contribution >= 0.6 is 24.0 Å². The van der Waals surface area contributed by atoms with Crippen molar-refractivity contribution in [1.29, 1.82) is 0 Å². The first-order valence-corrected chi connectivity index (χ1v) is 11.6. The number of aromatic nitrogens is 1. The summed E-state index contributed by atoms with van der Waals surface area (Å²) in [6.07, 6.45) is 3.28. The summed E-state index contributed by atoms with van der Waals surface area (Å²) in [5.41, 5.74) is 1.66. The summed E-state index contributed by atoms with van der Waals surface area (Å²) < 4.78 is 36.6. The van der Waals surface area contributed by atoms with Crippen LogP contribution in [0.1, 0.15) is 17.7 Å². The van der Waals surface area contributed by atoms with Gasteiger partial charge in [0.1, 0.15) is 17.8 Å². The van der Waals surface area contributed by atoms with Crippen molar-refractivity contribution in [3.63, 3.8) is 0 Å². The number of guanidine groups is 1. The van der Waals surface area contributed by atoms with Crippen LogP contribution in [0.4, 0.5) is 0 Å². The smallest absolute Gasteiger partial charge is 0.220 e. The van der Waals surface area contributed by atoms with E-state index in [9.17, 15) is 8.42 Å². The van der Waals surface area contributed by atoms with Crippen molar-refractivity contribution >= 4 is 40.0 Å². The van der Waals surface area contributed by atoms with E-state index in [-0.39, 0.29) is 29.7 Å². The Balaban J connectivity index is 0.00000341. The van der Waals surface area contributed by atoms with E-state index in [0.717, 1.165) is 31.1 Å². The van der Waals surface area contributed by atoms with E-state index in [4.69, 9.17) is 9.26 Å². The van der Waals surface area contributed by atoms with Crippen molar-refractivity contribution in [2.45, 2.75) is 18.6 Å². The Kier molecular flexibility index (Phi) is 10.0. The summed E-state index contributed by atoms with van der Waals surface area (Å²) in [5.74, 6) is 1.53. The molecule has 11 heteroatoms. The third-order valence-electron chi connectivity index (χ3n) is 5.02. The molecule has 0 amide bonds. The summed E-state index contributed by atoms with van der Waals surface area (Å²) in [6, 6.07) is 9.65. The van der Waals surface area contributed by atoms with Gasteiger partial charge >= 0.3 is 0 Å². The average Bonchev–Trinajstić information content (AvgIpc) is 3.26. The Bertz CT molecular complexity index is 929. The molecule has 1 aromatic carbocycles. The third kappa shape index (κ3) is 7.35. The predicted molar refractivity (Wildman–Crippen MR) is 130 cm³/mol. The Morgan fingerprint density at radius 2 is 2.03 bits per heavy atom. The number of aliphatic imine (C=N–C) groups is 1. The van der Waals surface area contributed by atoms with Crippen LogP contribution in [0.5, 0.6) is 5.75 Å². The van der Waals surface area contributed by atoms with Gasteiger partial charge in [0.05, 0.1) is 12.8 Å². The number of methoxy groups -OCH3 is 1. The van der Waals surface area contributed by atoms with Crippen molar-refractivity contribution in [1.82, 2.24) is 19.7 Å². The van der Waals surface area contributed by atoms with Crippen molar-refractivity contribution < 1.29 is 17.7 Å². The normalized spacial score (nSPS) is 15.4. The molecule has 1 N–H and O–H groups in total. The highest BCUT2D eigenvalue weighted by atomic mass is 127. The summed E-state index contributed by atoms with van der Waals surface area (Å²) >= 11 is 0. The minimum Gasteiger partial charge on any atom is -0.497 e. The third-order valence-corrected chi connectivity index (χ3v) is 6.84. The molecule has 1 aromatic heterocycles. The molecule has 0 radical (unpaired) electrons. The fraction of sp³-hybridized carbons (Fsp3) is 0.500. The highest BCUT2D eigenvalue weighted by Crippen LogP contribution is 2.14. The fourth-order valence-corrected chi connectivity index (χ4v) is 4.85. The number of piperazine rings is 1. The molecule has 1 aliphatic heterocycles. The van der Waals surface area contributed by atoms with Crippen LogP contribution in [0.15, 0.2) is 46.1 Å². The number of rotatable bonds is 8. The number of halogens is 1. The molecule has 1 fully saturated rings. The van der Waals surface area contributed by atoms with Crippen LogP contribution in [0.2, 0.25) is 0 Å². The Morgan fingerprint density at radius 1 is 1.26 bits per heavy atom. The van der Waals surface area contributed by atoms with E-state index in [1.165, 1.54) is 16.1 Å². The molecule has 0 unspecified atom stereocenters. The number of nitrogens with zero attached hydrogens (tertiary/aromatic N) is 4. The Morgan fingerprint density at radius 3 is 2.68 bits per heavy atom. The maximum Gasteiger partial charge on any atom is 0.220 e. The van der Waals surface area contributed by atoms with Gasteiger partial charge in [0.25, 0.3) is 0 Å². The number of hydrogen-bond acceptors (Lipinski definition) is 6. The lowest BCUT2D eigenvalue weighted by Gasteiger charge is -2.35. The van der Waals surface area contributed by atoms with Gasteiger partial charge in [-0.05, 0) is 30.5 Å². The largest absolute Gasteiger partial charge is 0.497 e. The molecule has 0 aliphatic carbocycles. The van der Waals surface area contributed by atoms with Crippen LogP contribution in [0, 0.1) is 0 Å². The number of nitrogens with one attached hydrogen (secondary N) is 1. The fourth-order valence-electron chi connectivity index (χ4n) is 3.42. The standard InChI is InChI=1S/C20H29N5O4S.HI/c1-21-20(22-9-4-6-17-5-3-7-19(15-17)28-2)24-10-12-25(13-11-24)30(26,27)16-18-8-14-29-23-18;/h3,5,7-8,14-15H,4,6,9-13,16H2,1-2H3,(H,21,22);1H. The molecular weight excluding hydrogens is 533 g/mol. The second-order valence-corrected chi connectivity index (χ2v) is 9.03. The molecule has 1 aliphatic rings. The van der Waals surface area contributed by atoms with Crippen molar-refractivity contribution in [2.24, 2.45) is 4.99 Å². The molecule has 31 heavy (non-hydrogen) atoms. The minimum absolute atomic E-state index is 0. The number of aryl methyl sites for hydroxylation is 1. The molecule has 0 atom stereocenters. The molecule has 1 saturated heterocycles. The molecule has 3 rings (SSSR count). The van der Waals surface area contributed by atoms with Gasteiger partial charge < -0.3 is 19.5 Å². The first-order valence-electron chi connectivity index (χ1n) is 9.97. The second-order valence-electron chi connectivity index (χ2n) is 7.06. The Labute approximate surface area is 200 Å². The van der Waals surface area contributed by atoms with Gasteiger partial charge in [-0.2, -0.15) is 4.31 Å². The number of benzene rings is 1. The van der Waals surface area contributed by atoms with Gasteiger partial charge in [-0.3, -0.25) is 4.99 Å². The topological polar surface area (TPSA) is 100 Å². The van der Waals surface area contributed by atoms with Gasteiger partial charge in [-0.15, -0.1) is 24.0 Å². The van der Waals surface area contributed by atoms with E-state index < -0.39 is 10.0 Å². The molecule has 0 bridgehead atoms. The second kappa shape index (κ2) is 12.2. The van der Waals surface area contributed by atoms with E-state index in [0.29, 0.717) is 31.9 Å². The van der Waals surface area contributed by atoms with Crippen molar-refractivity contribution in [3.05, 3.63) is 47.9 Å². The quantitative estimate of drug-likeness (QED) is 0.227. The summed E-state index contributed by atoms with van der Waals surface area (Å²) in [7, 11) is 0.0129. The lowest BCUT2D eigenvalue weighted by Crippen LogP contribution is -2.54. The van der Waals surface area contributed by atoms with E-state index in [2.05, 4.69) is 26.4 Å². The number of sulfonamides is 1.